The minimum atomic E-state index is -0.0653. The molecule has 2 aliphatic heterocycles. The first-order chi connectivity index (χ1) is 13.2. The van der Waals surface area contributed by atoms with Crippen LogP contribution in [-0.4, -0.2) is 37.1 Å². The van der Waals surface area contributed by atoms with Crippen LogP contribution in [0.2, 0.25) is 0 Å². The Morgan fingerprint density at radius 3 is 2.33 bits per heavy atom. The third kappa shape index (κ3) is 3.57. The second-order valence-electron chi connectivity index (χ2n) is 7.77. The summed E-state index contributed by atoms with van der Waals surface area (Å²) >= 11 is 0. The summed E-state index contributed by atoms with van der Waals surface area (Å²) in [5.74, 6) is 0.119. The third-order valence-corrected chi connectivity index (χ3v) is 6.37. The van der Waals surface area contributed by atoms with Gasteiger partial charge in [-0.1, -0.05) is 66.7 Å². The smallest absolute Gasteiger partial charge is 0.310 e. The summed E-state index contributed by atoms with van der Waals surface area (Å²) in [7, 11) is 3.67. The van der Waals surface area contributed by atoms with Gasteiger partial charge in [-0.15, -0.1) is 0 Å². The molecule has 0 aliphatic carbocycles. The number of methoxy groups -OCH3 is 1. The molecule has 0 saturated carbocycles. The number of piperidine rings is 1. The van der Waals surface area contributed by atoms with Gasteiger partial charge in [0.25, 0.3) is 0 Å². The monoisotopic (exact) mass is 361 g/mol. The lowest BCUT2D eigenvalue weighted by Gasteiger charge is -2.41. The van der Waals surface area contributed by atoms with Crippen molar-refractivity contribution in [3.63, 3.8) is 0 Å². The molecular formula is C24H27NO2. The lowest BCUT2D eigenvalue weighted by Crippen LogP contribution is -2.49. The topological polar surface area (TPSA) is 29.5 Å². The van der Waals surface area contributed by atoms with E-state index in [1.165, 1.54) is 30.2 Å². The van der Waals surface area contributed by atoms with Gasteiger partial charge in [-0.3, -0.25) is 9.69 Å². The first-order valence-corrected chi connectivity index (χ1v) is 9.80. The molecule has 0 aromatic heterocycles. The molecule has 3 nitrogen and oxygen atoms in total. The molecule has 0 unspecified atom stereocenters. The number of benzene rings is 2. The van der Waals surface area contributed by atoms with E-state index in [4.69, 9.17) is 4.74 Å². The van der Waals surface area contributed by atoms with Gasteiger partial charge < -0.3 is 4.74 Å². The van der Waals surface area contributed by atoms with Crippen molar-refractivity contribution in [1.82, 2.24) is 4.90 Å². The van der Waals surface area contributed by atoms with Gasteiger partial charge in [0.1, 0.15) is 0 Å². The van der Waals surface area contributed by atoms with E-state index in [0.717, 1.165) is 12.8 Å². The number of nitrogens with zero attached hydrogens (tertiary/aromatic N) is 1. The van der Waals surface area contributed by atoms with Crippen LogP contribution in [0, 0.1) is 5.92 Å². The summed E-state index contributed by atoms with van der Waals surface area (Å²) in [6.45, 7) is 0. The minimum absolute atomic E-state index is 0.0646. The van der Waals surface area contributed by atoms with E-state index in [2.05, 4.69) is 60.5 Å². The molecule has 3 heteroatoms. The van der Waals surface area contributed by atoms with Gasteiger partial charge in [-0.2, -0.15) is 0 Å². The zero-order valence-electron chi connectivity index (χ0n) is 16.0. The number of hydrogen-bond donors (Lipinski definition) is 0. The molecule has 4 rings (SSSR count). The van der Waals surface area contributed by atoms with Crippen molar-refractivity contribution in [2.75, 3.05) is 14.2 Å². The summed E-state index contributed by atoms with van der Waals surface area (Å²) < 4.78 is 5.17. The van der Waals surface area contributed by atoms with Gasteiger partial charge in [0.15, 0.2) is 0 Å². The predicted octanol–water partition coefficient (Wildman–Crippen LogP) is 4.60. The van der Waals surface area contributed by atoms with Crippen molar-refractivity contribution >= 4 is 18.1 Å². The maximum absolute atomic E-state index is 12.6. The lowest BCUT2D eigenvalue weighted by molar-refractivity contribution is -0.150. The van der Waals surface area contributed by atoms with E-state index in [1.807, 2.05) is 18.2 Å². The van der Waals surface area contributed by atoms with E-state index < -0.39 is 0 Å². The van der Waals surface area contributed by atoms with Crippen molar-refractivity contribution in [3.05, 3.63) is 71.3 Å². The third-order valence-electron chi connectivity index (χ3n) is 6.37. The van der Waals surface area contributed by atoms with Crippen molar-refractivity contribution < 1.29 is 9.53 Å². The molecular weight excluding hydrogens is 334 g/mol. The van der Waals surface area contributed by atoms with E-state index >= 15 is 0 Å². The molecule has 27 heavy (non-hydrogen) atoms. The van der Waals surface area contributed by atoms with Gasteiger partial charge in [0, 0.05) is 18.0 Å². The average molecular weight is 361 g/mol. The fourth-order valence-corrected chi connectivity index (χ4v) is 4.88. The lowest BCUT2D eigenvalue weighted by atomic mass is 9.76. The van der Waals surface area contributed by atoms with Crippen LogP contribution >= 0.6 is 0 Å². The molecule has 0 spiro atoms. The Morgan fingerprint density at radius 2 is 1.67 bits per heavy atom. The number of ether oxygens (including phenoxy) is 1. The van der Waals surface area contributed by atoms with Crippen molar-refractivity contribution in [1.29, 1.82) is 0 Å². The van der Waals surface area contributed by atoms with Crippen molar-refractivity contribution in [3.8, 4) is 0 Å². The number of carbonyl (C=O) groups is 1. The normalized spacial score (nSPS) is 27.8. The highest BCUT2D eigenvalue weighted by Gasteiger charge is 2.49. The number of carbonyl (C=O) groups excluding carboxylic acids is 1. The van der Waals surface area contributed by atoms with Crippen molar-refractivity contribution in [2.45, 2.75) is 37.3 Å². The highest BCUT2D eigenvalue weighted by Crippen LogP contribution is 2.46. The number of hydrogen-bond acceptors (Lipinski definition) is 3. The van der Waals surface area contributed by atoms with Gasteiger partial charge in [0.2, 0.25) is 0 Å². The fourth-order valence-electron chi connectivity index (χ4n) is 4.88. The Balaban J connectivity index is 1.55. The molecule has 2 aliphatic rings. The molecule has 0 amide bonds. The Bertz CT molecular complexity index is 812. The quantitative estimate of drug-likeness (QED) is 0.589. The number of esters is 1. The Hall–Kier alpha value is -2.39. The molecule has 4 atom stereocenters. The van der Waals surface area contributed by atoms with Crippen LogP contribution in [0.4, 0.5) is 0 Å². The highest BCUT2D eigenvalue weighted by molar-refractivity contribution is 5.75. The van der Waals surface area contributed by atoms with Crippen LogP contribution in [-0.2, 0) is 9.53 Å². The molecule has 2 fully saturated rings. The van der Waals surface area contributed by atoms with Crippen LogP contribution < -0.4 is 0 Å². The maximum Gasteiger partial charge on any atom is 0.310 e. The minimum Gasteiger partial charge on any atom is -0.469 e. The first kappa shape index (κ1) is 18.0. The van der Waals surface area contributed by atoms with E-state index in [1.54, 1.807) is 0 Å². The van der Waals surface area contributed by atoms with Crippen LogP contribution in [0.3, 0.4) is 0 Å². The average Bonchev–Trinajstić information content (AvgIpc) is 2.95. The molecule has 0 radical (unpaired) electrons. The molecule has 2 heterocycles. The van der Waals surface area contributed by atoms with E-state index in [-0.39, 0.29) is 17.8 Å². The molecule has 2 aromatic carbocycles. The zero-order chi connectivity index (χ0) is 18.8. The second-order valence-corrected chi connectivity index (χ2v) is 7.77. The van der Waals surface area contributed by atoms with Gasteiger partial charge in [-0.05, 0) is 43.0 Å². The summed E-state index contributed by atoms with van der Waals surface area (Å²) in [5.41, 5.74) is 3.62. The van der Waals surface area contributed by atoms with Gasteiger partial charge in [0.05, 0.1) is 13.0 Å². The van der Waals surface area contributed by atoms with Gasteiger partial charge in [-0.25, -0.2) is 0 Å². The number of rotatable bonds is 4. The predicted molar refractivity (Wildman–Crippen MR) is 109 cm³/mol. The SMILES string of the molecule is COC(=O)[C@H]1[C@@H](c2ccc(/C=C\c3ccccc3)cc2)C[C@@H]2CC[C@H]1N2C. The molecule has 2 aromatic rings. The number of fused-ring (bicyclic) bond motifs is 2. The summed E-state index contributed by atoms with van der Waals surface area (Å²) in [6, 6.07) is 19.9. The molecule has 2 bridgehead atoms. The van der Waals surface area contributed by atoms with E-state index in [0.29, 0.717) is 12.1 Å². The summed E-state index contributed by atoms with van der Waals surface area (Å²) in [6.07, 6.45) is 7.57. The largest absolute Gasteiger partial charge is 0.469 e. The Morgan fingerprint density at radius 1 is 1.00 bits per heavy atom. The van der Waals surface area contributed by atoms with Crippen LogP contribution in [0.15, 0.2) is 54.6 Å². The zero-order valence-corrected chi connectivity index (χ0v) is 16.0. The first-order valence-electron chi connectivity index (χ1n) is 9.80. The Labute approximate surface area is 161 Å². The standard InChI is InChI=1S/C24H27NO2/c1-25-20-14-15-22(25)23(24(26)27-2)21(16-20)19-12-10-18(11-13-19)9-8-17-6-4-3-5-7-17/h3-13,20-23H,14-16H2,1-2H3/b9-8-/t20-,21+,22+,23-/m0/s1. The van der Waals surface area contributed by atoms with Crippen molar-refractivity contribution in [2.24, 2.45) is 5.92 Å². The highest BCUT2D eigenvalue weighted by atomic mass is 16.5. The van der Waals surface area contributed by atoms with Gasteiger partial charge >= 0.3 is 5.97 Å². The van der Waals surface area contributed by atoms with Crippen LogP contribution in [0.5, 0.6) is 0 Å². The molecule has 140 valence electrons. The Kier molecular flexibility index (Phi) is 5.13. The maximum atomic E-state index is 12.6. The molecule has 0 N–H and O–H groups in total. The molecule has 2 saturated heterocycles. The van der Waals surface area contributed by atoms with Crippen LogP contribution in [0.25, 0.3) is 12.2 Å². The van der Waals surface area contributed by atoms with E-state index in [9.17, 15) is 4.79 Å². The second kappa shape index (κ2) is 7.69. The fraction of sp³-hybridized carbons (Fsp3) is 0.375. The summed E-state index contributed by atoms with van der Waals surface area (Å²) in [5, 5.41) is 0. The summed E-state index contributed by atoms with van der Waals surface area (Å²) in [4.78, 5) is 14.9. The van der Waals surface area contributed by atoms with Crippen LogP contribution in [0.1, 0.15) is 41.9 Å².